The summed E-state index contributed by atoms with van der Waals surface area (Å²) >= 11 is 1.20. The highest BCUT2D eigenvalue weighted by Gasteiger charge is 2.06. The first-order valence-electron chi connectivity index (χ1n) is 3.91. The second-order valence-electron chi connectivity index (χ2n) is 2.54. The van der Waals surface area contributed by atoms with Crippen LogP contribution in [0, 0.1) is 0 Å². The molecule has 2 aromatic rings. The quantitative estimate of drug-likeness (QED) is 0.776. The SMILES string of the molecule is CCn1cc(-c2nsc(N)n2)cn1. The summed E-state index contributed by atoms with van der Waals surface area (Å²) in [6.07, 6.45) is 3.65. The van der Waals surface area contributed by atoms with E-state index in [0.717, 1.165) is 12.1 Å². The number of hydrogen-bond acceptors (Lipinski definition) is 5. The number of aromatic nitrogens is 4. The molecule has 0 radical (unpaired) electrons. The Labute approximate surface area is 79.4 Å². The molecule has 2 rings (SSSR count). The second-order valence-corrected chi connectivity index (χ2v) is 3.32. The van der Waals surface area contributed by atoms with Crippen LogP contribution in [0.15, 0.2) is 12.4 Å². The van der Waals surface area contributed by atoms with E-state index in [0.29, 0.717) is 11.0 Å². The molecule has 5 nitrogen and oxygen atoms in total. The standard InChI is InChI=1S/C7H9N5S/c1-2-12-4-5(3-9-12)6-10-7(8)13-11-6/h3-4H,2H2,1H3,(H2,8,10,11). The number of nitrogens with two attached hydrogens (primary N) is 1. The smallest absolute Gasteiger partial charge is 0.200 e. The minimum atomic E-state index is 0.485. The third-order valence-corrected chi connectivity index (χ3v) is 2.20. The highest BCUT2D eigenvalue weighted by molar-refractivity contribution is 7.09. The average molecular weight is 195 g/mol. The van der Waals surface area contributed by atoms with Gasteiger partial charge in [-0.2, -0.15) is 14.5 Å². The largest absolute Gasteiger partial charge is 0.374 e. The first kappa shape index (κ1) is 8.18. The second kappa shape index (κ2) is 3.14. The molecule has 0 bridgehead atoms. The topological polar surface area (TPSA) is 69.6 Å². The van der Waals surface area contributed by atoms with Crippen molar-refractivity contribution in [3.05, 3.63) is 12.4 Å². The molecule has 0 amide bonds. The third-order valence-electron chi connectivity index (χ3n) is 1.66. The highest BCUT2D eigenvalue weighted by Crippen LogP contribution is 2.17. The van der Waals surface area contributed by atoms with E-state index < -0.39 is 0 Å². The minimum absolute atomic E-state index is 0.485. The van der Waals surface area contributed by atoms with Crippen molar-refractivity contribution in [1.82, 2.24) is 19.1 Å². The number of nitrogen functional groups attached to an aromatic ring is 1. The lowest BCUT2D eigenvalue weighted by molar-refractivity contribution is 0.660. The zero-order valence-corrected chi connectivity index (χ0v) is 7.95. The van der Waals surface area contributed by atoms with Crippen LogP contribution in [0.4, 0.5) is 5.13 Å². The lowest BCUT2D eigenvalue weighted by Crippen LogP contribution is -1.92. The highest BCUT2D eigenvalue weighted by atomic mass is 32.1. The number of hydrogen-bond donors (Lipinski definition) is 1. The summed E-state index contributed by atoms with van der Waals surface area (Å²) in [5, 5.41) is 4.61. The molecule has 68 valence electrons. The Hall–Kier alpha value is -1.43. The number of aryl methyl sites for hydroxylation is 1. The van der Waals surface area contributed by atoms with Crippen molar-refractivity contribution >= 4 is 16.7 Å². The van der Waals surface area contributed by atoms with Gasteiger partial charge in [0.25, 0.3) is 0 Å². The van der Waals surface area contributed by atoms with Crippen molar-refractivity contribution in [3.63, 3.8) is 0 Å². The predicted molar refractivity (Wildman–Crippen MR) is 51.2 cm³/mol. The fourth-order valence-corrected chi connectivity index (χ4v) is 1.46. The number of anilines is 1. The van der Waals surface area contributed by atoms with Crippen LogP contribution in [0.25, 0.3) is 11.4 Å². The van der Waals surface area contributed by atoms with Crippen LogP contribution in [0.3, 0.4) is 0 Å². The summed E-state index contributed by atoms with van der Waals surface area (Å²) < 4.78 is 5.91. The molecule has 0 fully saturated rings. The molecular formula is C7H9N5S. The van der Waals surface area contributed by atoms with Crippen molar-refractivity contribution in [1.29, 1.82) is 0 Å². The van der Waals surface area contributed by atoms with Gasteiger partial charge in [-0.1, -0.05) is 0 Å². The lowest BCUT2D eigenvalue weighted by atomic mass is 10.3. The van der Waals surface area contributed by atoms with Gasteiger partial charge >= 0.3 is 0 Å². The van der Waals surface area contributed by atoms with Gasteiger partial charge in [0, 0.05) is 24.3 Å². The Morgan fingerprint density at radius 3 is 3.00 bits per heavy atom. The van der Waals surface area contributed by atoms with E-state index >= 15 is 0 Å². The summed E-state index contributed by atoms with van der Waals surface area (Å²) in [5.74, 6) is 0.655. The lowest BCUT2D eigenvalue weighted by Gasteiger charge is -1.89. The molecule has 0 aliphatic rings. The molecule has 0 aromatic carbocycles. The van der Waals surface area contributed by atoms with Crippen molar-refractivity contribution in [2.45, 2.75) is 13.5 Å². The molecular weight excluding hydrogens is 186 g/mol. The van der Waals surface area contributed by atoms with E-state index in [2.05, 4.69) is 14.5 Å². The summed E-state index contributed by atoms with van der Waals surface area (Å²) in [5.41, 5.74) is 6.38. The van der Waals surface area contributed by atoms with Crippen LogP contribution in [-0.4, -0.2) is 19.1 Å². The van der Waals surface area contributed by atoms with E-state index in [9.17, 15) is 0 Å². The summed E-state index contributed by atoms with van der Waals surface area (Å²) in [4.78, 5) is 4.06. The summed E-state index contributed by atoms with van der Waals surface area (Å²) in [6.45, 7) is 2.87. The fourth-order valence-electron chi connectivity index (χ4n) is 1.00. The average Bonchev–Trinajstić information content (AvgIpc) is 2.71. The van der Waals surface area contributed by atoms with E-state index in [-0.39, 0.29) is 0 Å². The van der Waals surface area contributed by atoms with Gasteiger partial charge in [0.05, 0.1) is 11.8 Å². The molecule has 0 saturated carbocycles. The third kappa shape index (κ3) is 1.52. The van der Waals surface area contributed by atoms with Crippen LogP contribution in [-0.2, 0) is 6.54 Å². The Kier molecular flexibility index (Phi) is 1.97. The van der Waals surface area contributed by atoms with Crippen LogP contribution < -0.4 is 5.73 Å². The van der Waals surface area contributed by atoms with Crippen molar-refractivity contribution in [3.8, 4) is 11.4 Å². The number of nitrogens with zero attached hydrogens (tertiary/aromatic N) is 4. The minimum Gasteiger partial charge on any atom is -0.374 e. The normalized spacial score (nSPS) is 10.5. The van der Waals surface area contributed by atoms with Gasteiger partial charge in [0.2, 0.25) is 0 Å². The molecule has 2 aromatic heterocycles. The van der Waals surface area contributed by atoms with Crippen molar-refractivity contribution in [2.75, 3.05) is 5.73 Å². The molecule has 0 spiro atoms. The maximum atomic E-state index is 5.47. The van der Waals surface area contributed by atoms with E-state index in [1.165, 1.54) is 11.5 Å². The molecule has 0 atom stereocenters. The molecule has 2 heterocycles. The molecule has 6 heteroatoms. The fraction of sp³-hybridized carbons (Fsp3) is 0.286. The van der Waals surface area contributed by atoms with E-state index in [1.807, 2.05) is 17.8 Å². The van der Waals surface area contributed by atoms with Gasteiger partial charge in [0.15, 0.2) is 11.0 Å². The van der Waals surface area contributed by atoms with Gasteiger partial charge in [-0.25, -0.2) is 0 Å². The molecule has 13 heavy (non-hydrogen) atoms. The Balaban J connectivity index is 2.35. The van der Waals surface area contributed by atoms with E-state index in [1.54, 1.807) is 6.20 Å². The monoisotopic (exact) mass is 195 g/mol. The Bertz CT molecular complexity index is 404. The van der Waals surface area contributed by atoms with Gasteiger partial charge in [-0.3, -0.25) is 4.68 Å². The first-order valence-corrected chi connectivity index (χ1v) is 4.69. The number of rotatable bonds is 2. The zero-order chi connectivity index (χ0) is 9.26. The van der Waals surface area contributed by atoms with Gasteiger partial charge in [-0.05, 0) is 6.92 Å². The Morgan fingerprint density at radius 2 is 2.46 bits per heavy atom. The molecule has 0 saturated heterocycles. The van der Waals surface area contributed by atoms with Crippen LogP contribution in [0.2, 0.25) is 0 Å². The van der Waals surface area contributed by atoms with Gasteiger partial charge < -0.3 is 5.73 Å². The van der Waals surface area contributed by atoms with Crippen LogP contribution >= 0.6 is 11.5 Å². The maximum Gasteiger partial charge on any atom is 0.200 e. The van der Waals surface area contributed by atoms with Gasteiger partial charge in [0.1, 0.15) is 0 Å². The van der Waals surface area contributed by atoms with Crippen molar-refractivity contribution < 1.29 is 0 Å². The molecule has 0 aliphatic carbocycles. The van der Waals surface area contributed by atoms with Crippen LogP contribution in [0.1, 0.15) is 6.92 Å². The molecule has 0 unspecified atom stereocenters. The zero-order valence-electron chi connectivity index (χ0n) is 7.14. The summed E-state index contributed by atoms with van der Waals surface area (Å²) in [6, 6.07) is 0. The van der Waals surface area contributed by atoms with Gasteiger partial charge in [-0.15, -0.1) is 0 Å². The first-order chi connectivity index (χ1) is 6.29. The van der Waals surface area contributed by atoms with E-state index in [4.69, 9.17) is 5.73 Å². The summed E-state index contributed by atoms with van der Waals surface area (Å²) in [7, 11) is 0. The molecule has 0 aliphatic heterocycles. The Morgan fingerprint density at radius 1 is 1.62 bits per heavy atom. The molecule has 2 N–H and O–H groups in total. The predicted octanol–water partition coefficient (Wildman–Crippen LogP) is 1.00. The maximum absolute atomic E-state index is 5.47. The van der Waals surface area contributed by atoms with Crippen molar-refractivity contribution in [2.24, 2.45) is 0 Å². The van der Waals surface area contributed by atoms with Crippen LogP contribution in [0.5, 0.6) is 0 Å².